The highest BCUT2D eigenvalue weighted by Gasteiger charge is 2.63. The molecule has 0 aromatic heterocycles. The molecule has 2 aliphatic carbocycles. The van der Waals surface area contributed by atoms with Gasteiger partial charge in [0.15, 0.2) is 0 Å². The largest absolute Gasteiger partial charge is 0.481 e. The minimum atomic E-state index is -2.69. The molecule has 0 aliphatic heterocycles. The molecule has 2 nitrogen and oxygen atoms in total. The molecule has 0 spiro atoms. The maximum Gasteiger partial charge on any atom is 0.313 e. The topological polar surface area (TPSA) is 37.3 Å². The molecule has 2 rings (SSSR count). The molecule has 0 radical (unpaired) electrons. The first-order chi connectivity index (χ1) is 5.38. The van der Waals surface area contributed by atoms with E-state index in [0.29, 0.717) is 12.0 Å². The fourth-order valence-electron chi connectivity index (χ4n) is 1.46. The molecule has 12 heavy (non-hydrogen) atoms. The number of aliphatic carboxylic acids is 1. The number of carboxylic acids is 1. The molecule has 1 unspecified atom stereocenters. The Morgan fingerprint density at radius 2 is 1.92 bits per heavy atom. The van der Waals surface area contributed by atoms with Crippen molar-refractivity contribution in [1.29, 1.82) is 0 Å². The number of halogens is 2. The summed E-state index contributed by atoms with van der Waals surface area (Å²) in [5.41, 5.74) is -0.470. The smallest absolute Gasteiger partial charge is 0.313 e. The number of alkyl halides is 2. The molecule has 0 heterocycles. The van der Waals surface area contributed by atoms with E-state index in [0.717, 1.165) is 0 Å². The molecule has 0 saturated heterocycles. The van der Waals surface area contributed by atoms with Gasteiger partial charge in [-0.05, 0) is 18.9 Å². The number of allylic oxidation sites excluding steroid dienone is 1. The van der Waals surface area contributed by atoms with E-state index in [4.69, 9.17) is 5.11 Å². The lowest BCUT2D eigenvalue weighted by Gasteiger charge is -1.96. The lowest BCUT2D eigenvalue weighted by molar-refractivity contribution is -0.141. The number of carboxylic acid groups (broad SMARTS) is 1. The van der Waals surface area contributed by atoms with E-state index in [2.05, 4.69) is 0 Å². The maximum absolute atomic E-state index is 12.4. The second kappa shape index (κ2) is 1.70. The summed E-state index contributed by atoms with van der Waals surface area (Å²) < 4.78 is 24.9. The summed E-state index contributed by atoms with van der Waals surface area (Å²) in [6.45, 7) is 1.49. The predicted molar refractivity (Wildman–Crippen MR) is 36.9 cm³/mol. The van der Waals surface area contributed by atoms with Crippen LogP contribution < -0.4 is 0 Å². The van der Waals surface area contributed by atoms with Gasteiger partial charge in [-0.2, -0.15) is 0 Å². The summed E-state index contributed by atoms with van der Waals surface area (Å²) in [7, 11) is 0. The van der Waals surface area contributed by atoms with Crippen LogP contribution in [0.3, 0.4) is 0 Å². The summed E-state index contributed by atoms with van der Waals surface area (Å²) in [5, 5.41) is 8.65. The Labute approximate surface area is 67.9 Å². The highest BCUT2D eigenvalue weighted by Crippen LogP contribution is 2.63. The van der Waals surface area contributed by atoms with Gasteiger partial charge in [0.25, 0.3) is 5.92 Å². The first-order valence-electron chi connectivity index (χ1n) is 3.72. The third-order valence-electron chi connectivity index (χ3n) is 2.62. The zero-order valence-electron chi connectivity index (χ0n) is 6.53. The molecule has 0 bridgehead atoms. The lowest BCUT2D eigenvalue weighted by Crippen LogP contribution is -2.10. The van der Waals surface area contributed by atoms with Crippen LogP contribution in [-0.4, -0.2) is 17.0 Å². The van der Waals surface area contributed by atoms with Crippen LogP contribution >= 0.6 is 0 Å². The van der Waals surface area contributed by atoms with Crippen LogP contribution in [0.25, 0.3) is 0 Å². The van der Waals surface area contributed by atoms with E-state index >= 15 is 0 Å². The monoisotopic (exact) mass is 174 g/mol. The minimum absolute atomic E-state index is 0.0624. The Morgan fingerprint density at radius 3 is 2.17 bits per heavy atom. The molecule has 0 aromatic carbocycles. The molecule has 1 atom stereocenters. The Bertz CT molecular complexity index is 306. The zero-order valence-corrected chi connectivity index (χ0v) is 6.53. The highest BCUT2D eigenvalue weighted by molar-refractivity contribution is 5.85. The average Bonchev–Trinajstić information content (AvgIpc) is 2.72. The molecular weight excluding hydrogens is 166 g/mol. The van der Waals surface area contributed by atoms with Crippen LogP contribution in [0, 0.1) is 5.41 Å². The predicted octanol–water partition coefficient (Wildman–Crippen LogP) is 1.82. The maximum atomic E-state index is 12.4. The number of carbonyl (C=O) groups is 1. The van der Waals surface area contributed by atoms with Gasteiger partial charge in [0.2, 0.25) is 0 Å². The highest BCUT2D eigenvalue weighted by atomic mass is 19.3. The number of hydrogen-bond acceptors (Lipinski definition) is 1. The van der Waals surface area contributed by atoms with Crippen molar-refractivity contribution in [2.45, 2.75) is 25.7 Å². The second-order valence-corrected chi connectivity index (χ2v) is 3.65. The quantitative estimate of drug-likeness (QED) is 0.615. The van der Waals surface area contributed by atoms with E-state index in [1.807, 2.05) is 0 Å². The van der Waals surface area contributed by atoms with Gasteiger partial charge in [0, 0.05) is 12.0 Å². The van der Waals surface area contributed by atoms with Crippen LogP contribution in [0.5, 0.6) is 0 Å². The van der Waals surface area contributed by atoms with Crippen molar-refractivity contribution in [3.63, 3.8) is 0 Å². The number of rotatable bonds is 1. The molecule has 2 fully saturated rings. The Morgan fingerprint density at radius 1 is 1.42 bits per heavy atom. The summed E-state index contributed by atoms with van der Waals surface area (Å²) in [6.07, 6.45) is 0.0679. The van der Waals surface area contributed by atoms with Crippen LogP contribution in [0.2, 0.25) is 0 Å². The van der Waals surface area contributed by atoms with Crippen molar-refractivity contribution in [3.8, 4) is 0 Å². The molecular formula is C8H8F2O2. The zero-order chi connectivity index (χ0) is 9.15. The minimum Gasteiger partial charge on any atom is -0.481 e. The van der Waals surface area contributed by atoms with E-state index < -0.39 is 17.3 Å². The van der Waals surface area contributed by atoms with Crippen molar-refractivity contribution in [2.24, 2.45) is 5.41 Å². The van der Waals surface area contributed by atoms with Gasteiger partial charge in [0.1, 0.15) is 0 Å². The van der Waals surface area contributed by atoms with Crippen molar-refractivity contribution >= 4 is 5.97 Å². The summed E-state index contributed by atoms with van der Waals surface area (Å²) in [4.78, 5) is 10.6. The summed E-state index contributed by atoms with van der Waals surface area (Å²) in [6, 6.07) is 0. The molecule has 2 aliphatic rings. The summed E-state index contributed by atoms with van der Waals surface area (Å²) >= 11 is 0. The van der Waals surface area contributed by atoms with Crippen LogP contribution in [-0.2, 0) is 4.79 Å². The normalized spacial score (nSPS) is 42.6. The van der Waals surface area contributed by atoms with Crippen LogP contribution in [0.1, 0.15) is 19.8 Å². The second-order valence-electron chi connectivity index (χ2n) is 3.65. The first kappa shape index (κ1) is 7.71. The fraction of sp³-hybridized carbons (Fsp3) is 0.625. The van der Waals surface area contributed by atoms with Gasteiger partial charge in [-0.3, -0.25) is 4.79 Å². The molecule has 2 saturated carbocycles. The number of hydrogen-bond donors (Lipinski definition) is 1. The Hall–Kier alpha value is -0.930. The standard InChI is InChI=1S/C8H8F2O2/c1-7(6(11)12)2-4(7)5-3-8(5,9)10/h2-3H2,1H3,(H,11,12). The molecule has 0 amide bonds. The van der Waals surface area contributed by atoms with Crippen molar-refractivity contribution in [1.82, 2.24) is 0 Å². The van der Waals surface area contributed by atoms with E-state index in [1.165, 1.54) is 6.92 Å². The van der Waals surface area contributed by atoms with Gasteiger partial charge >= 0.3 is 5.97 Å². The van der Waals surface area contributed by atoms with Crippen LogP contribution in [0.15, 0.2) is 11.1 Å². The third kappa shape index (κ3) is 0.806. The Balaban J connectivity index is 2.25. The average molecular weight is 174 g/mol. The van der Waals surface area contributed by atoms with Crippen LogP contribution in [0.4, 0.5) is 8.78 Å². The van der Waals surface area contributed by atoms with Gasteiger partial charge in [0.05, 0.1) is 5.41 Å². The molecule has 4 heteroatoms. The van der Waals surface area contributed by atoms with Gasteiger partial charge in [-0.15, -0.1) is 0 Å². The fourth-order valence-corrected chi connectivity index (χ4v) is 1.46. The van der Waals surface area contributed by atoms with Gasteiger partial charge in [-0.25, -0.2) is 8.78 Å². The molecule has 0 aromatic rings. The SMILES string of the molecule is CC1(C(=O)O)CC1=C1CC1(F)F. The van der Waals surface area contributed by atoms with E-state index in [9.17, 15) is 13.6 Å². The van der Waals surface area contributed by atoms with E-state index in [1.54, 1.807) is 0 Å². The first-order valence-corrected chi connectivity index (χ1v) is 3.72. The van der Waals surface area contributed by atoms with Gasteiger partial charge < -0.3 is 5.11 Å². The lowest BCUT2D eigenvalue weighted by atomic mass is 10.1. The van der Waals surface area contributed by atoms with E-state index in [-0.39, 0.29) is 12.0 Å². The van der Waals surface area contributed by atoms with Crippen molar-refractivity contribution < 1.29 is 18.7 Å². The molecule has 66 valence electrons. The van der Waals surface area contributed by atoms with Crippen molar-refractivity contribution in [3.05, 3.63) is 11.1 Å². The van der Waals surface area contributed by atoms with Gasteiger partial charge in [-0.1, -0.05) is 0 Å². The van der Waals surface area contributed by atoms with Crippen molar-refractivity contribution in [2.75, 3.05) is 0 Å². The summed E-state index contributed by atoms with van der Waals surface area (Å²) in [5.74, 6) is -3.68. The molecule has 1 N–H and O–H groups in total. The Kier molecular flexibility index (Phi) is 1.09. The third-order valence-corrected chi connectivity index (χ3v) is 2.62.